The standard InChI is InChI=1S/C21H26N4O3/c1-12-2-4-25(12)21-17(8-22)15-3-5-28-11-18(15)20(23-21)24-9-13-6-14(10-24)16(13)7-19(26)27/h12-14,16H,2-7,9-11H2,1H3,(H,26,27)/t12-,13-,14+,16?/m0/s1. The predicted molar refractivity (Wildman–Crippen MR) is 103 cm³/mol. The lowest BCUT2D eigenvalue weighted by atomic mass is 9.60. The maximum atomic E-state index is 11.2. The lowest BCUT2D eigenvalue weighted by molar-refractivity contribution is -0.141. The van der Waals surface area contributed by atoms with Gasteiger partial charge in [-0.15, -0.1) is 0 Å². The minimum atomic E-state index is -0.690. The summed E-state index contributed by atoms with van der Waals surface area (Å²) >= 11 is 0. The average molecular weight is 382 g/mol. The molecule has 1 aromatic rings. The Morgan fingerprint density at radius 3 is 2.71 bits per heavy atom. The minimum absolute atomic E-state index is 0.279. The molecule has 1 aliphatic carbocycles. The van der Waals surface area contributed by atoms with Gasteiger partial charge in [-0.05, 0) is 49.5 Å². The average Bonchev–Trinajstić information content (AvgIpc) is 2.70. The SMILES string of the molecule is C[C@H]1CCN1c1nc(N2C[C@H]3C[C@@H](C2)C3CC(=O)O)c2c(c1C#N)CCOC2. The molecule has 7 heteroatoms. The highest BCUT2D eigenvalue weighted by Gasteiger charge is 2.48. The van der Waals surface area contributed by atoms with E-state index in [1.54, 1.807) is 0 Å². The molecule has 7 nitrogen and oxygen atoms in total. The first-order chi connectivity index (χ1) is 13.6. The number of carboxylic acid groups (broad SMARTS) is 1. The molecule has 4 atom stereocenters. The smallest absolute Gasteiger partial charge is 0.303 e. The largest absolute Gasteiger partial charge is 0.481 e. The van der Waals surface area contributed by atoms with Crippen molar-refractivity contribution in [3.8, 4) is 6.07 Å². The maximum absolute atomic E-state index is 11.2. The van der Waals surface area contributed by atoms with Crippen LogP contribution in [0.2, 0.25) is 0 Å². The van der Waals surface area contributed by atoms with Crippen molar-refractivity contribution in [2.24, 2.45) is 17.8 Å². The summed E-state index contributed by atoms with van der Waals surface area (Å²) in [6.07, 6.45) is 3.29. The van der Waals surface area contributed by atoms with Gasteiger partial charge in [0, 0.05) is 37.7 Å². The highest BCUT2D eigenvalue weighted by molar-refractivity contribution is 5.69. The molecule has 28 heavy (non-hydrogen) atoms. The zero-order valence-corrected chi connectivity index (χ0v) is 16.2. The van der Waals surface area contributed by atoms with E-state index in [-0.39, 0.29) is 6.42 Å². The number of nitriles is 1. The fourth-order valence-corrected chi connectivity index (χ4v) is 5.53. The molecule has 5 heterocycles. The highest BCUT2D eigenvalue weighted by Crippen LogP contribution is 2.49. The van der Waals surface area contributed by atoms with Crippen LogP contribution in [0.1, 0.15) is 42.9 Å². The van der Waals surface area contributed by atoms with Gasteiger partial charge in [-0.1, -0.05) is 0 Å². The number of fused-ring (bicyclic) bond motifs is 3. The Morgan fingerprint density at radius 2 is 2.11 bits per heavy atom. The number of carboxylic acids is 1. The summed E-state index contributed by atoms with van der Waals surface area (Å²) in [5, 5.41) is 19.1. The minimum Gasteiger partial charge on any atom is -0.481 e. The van der Waals surface area contributed by atoms with Gasteiger partial charge in [0.1, 0.15) is 17.7 Å². The number of pyridine rings is 1. The Hall–Kier alpha value is -2.33. The molecule has 4 fully saturated rings. The number of piperidine rings is 2. The van der Waals surface area contributed by atoms with Gasteiger partial charge < -0.3 is 19.6 Å². The van der Waals surface area contributed by atoms with E-state index < -0.39 is 5.97 Å². The van der Waals surface area contributed by atoms with E-state index in [1.807, 2.05) is 0 Å². The van der Waals surface area contributed by atoms with Gasteiger partial charge in [0.2, 0.25) is 0 Å². The monoisotopic (exact) mass is 382 g/mol. The normalized spacial score (nSPS) is 30.7. The molecule has 4 aliphatic heterocycles. The summed E-state index contributed by atoms with van der Waals surface area (Å²) in [5.41, 5.74) is 2.89. The van der Waals surface area contributed by atoms with Crippen molar-refractivity contribution in [3.63, 3.8) is 0 Å². The first-order valence-electron chi connectivity index (χ1n) is 10.3. The molecular formula is C21H26N4O3. The van der Waals surface area contributed by atoms with Crippen LogP contribution in [0.4, 0.5) is 11.6 Å². The molecule has 5 aliphatic rings. The van der Waals surface area contributed by atoms with Gasteiger partial charge in [0.25, 0.3) is 0 Å². The summed E-state index contributed by atoms with van der Waals surface area (Å²) in [4.78, 5) is 20.8. The third-order valence-corrected chi connectivity index (χ3v) is 7.25. The number of carbonyl (C=O) groups is 1. The Labute approximate surface area is 164 Å². The van der Waals surface area contributed by atoms with Gasteiger partial charge in [-0.3, -0.25) is 4.79 Å². The maximum Gasteiger partial charge on any atom is 0.303 e. The summed E-state index contributed by atoms with van der Waals surface area (Å²) in [6, 6.07) is 2.84. The number of aliphatic carboxylic acids is 1. The Bertz CT molecular complexity index is 852. The number of aromatic nitrogens is 1. The van der Waals surface area contributed by atoms with Crippen molar-refractivity contribution < 1.29 is 14.6 Å². The van der Waals surface area contributed by atoms with Crippen molar-refractivity contribution in [1.82, 2.24) is 4.98 Å². The second kappa shape index (κ2) is 6.63. The lowest BCUT2D eigenvalue weighted by Crippen LogP contribution is -2.56. The van der Waals surface area contributed by atoms with Crippen LogP contribution >= 0.6 is 0 Å². The molecular weight excluding hydrogens is 356 g/mol. The van der Waals surface area contributed by atoms with Crippen LogP contribution in [0.25, 0.3) is 0 Å². The van der Waals surface area contributed by atoms with Crippen molar-refractivity contribution in [2.75, 3.05) is 36.0 Å². The Balaban J connectivity index is 1.51. The van der Waals surface area contributed by atoms with Crippen LogP contribution in [-0.2, 0) is 22.6 Å². The topological polar surface area (TPSA) is 89.7 Å². The molecule has 1 unspecified atom stereocenters. The number of nitrogens with zero attached hydrogens (tertiary/aromatic N) is 4. The summed E-state index contributed by atoms with van der Waals surface area (Å²) in [5.74, 6) is 2.26. The van der Waals surface area contributed by atoms with Gasteiger partial charge in [-0.2, -0.15) is 5.26 Å². The first kappa shape index (κ1) is 17.7. The molecule has 0 radical (unpaired) electrons. The highest BCUT2D eigenvalue weighted by atomic mass is 16.5. The molecule has 2 bridgehead atoms. The molecule has 0 amide bonds. The molecule has 0 spiro atoms. The van der Waals surface area contributed by atoms with E-state index in [9.17, 15) is 15.2 Å². The second-order valence-corrected chi connectivity index (χ2v) is 8.76. The summed E-state index contributed by atoms with van der Waals surface area (Å²) < 4.78 is 5.73. The predicted octanol–water partition coefficient (Wildman–Crippen LogP) is 2.17. The van der Waals surface area contributed by atoms with Crippen molar-refractivity contribution in [3.05, 3.63) is 16.7 Å². The molecule has 6 rings (SSSR count). The second-order valence-electron chi connectivity index (χ2n) is 8.76. The van der Waals surface area contributed by atoms with Gasteiger partial charge in [-0.25, -0.2) is 4.98 Å². The Kier molecular flexibility index (Phi) is 4.20. The lowest BCUT2D eigenvalue weighted by Gasteiger charge is -2.54. The van der Waals surface area contributed by atoms with Crippen LogP contribution in [-0.4, -0.2) is 48.3 Å². The van der Waals surface area contributed by atoms with Gasteiger partial charge in [0.15, 0.2) is 0 Å². The molecule has 0 aromatic carbocycles. The van der Waals surface area contributed by atoms with Gasteiger partial charge in [0.05, 0.1) is 18.8 Å². The van der Waals surface area contributed by atoms with Gasteiger partial charge >= 0.3 is 5.97 Å². The van der Waals surface area contributed by atoms with E-state index in [1.165, 1.54) is 0 Å². The fourth-order valence-electron chi connectivity index (χ4n) is 5.53. The number of hydrogen-bond donors (Lipinski definition) is 1. The van der Waals surface area contributed by atoms with Crippen LogP contribution < -0.4 is 9.80 Å². The number of ether oxygens (including phenoxy) is 1. The quantitative estimate of drug-likeness (QED) is 0.853. The van der Waals surface area contributed by atoms with Crippen molar-refractivity contribution in [1.29, 1.82) is 5.26 Å². The van der Waals surface area contributed by atoms with E-state index in [0.29, 0.717) is 37.0 Å². The fraction of sp³-hybridized carbons (Fsp3) is 0.667. The first-order valence-corrected chi connectivity index (χ1v) is 10.3. The van der Waals surface area contributed by atoms with Crippen LogP contribution in [0, 0.1) is 29.1 Å². The molecule has 3 saturated heterocycles. The van der Waals surface area contributed by atoms with Crippen LogP contribution in [0.15, 0.2) is 0 Å². The number of hydrogen-bond acceptors (Lipinski definition) is 6. The van der Waals surface area contributed by atoms with E-state index in [0.717, 1.165) is 67.2 Å². The zero-order chi connectivity index (χ0) is 19.4. The number of rotatable bonds is 4. The van der Waals surface area contributed by atoms with Crippen molar-refractivity contribution >= 4 is 17.6 Å². The van der Waals surface area contributed by atoms with Crippen LogP contribution in [0.5, 0.6) is 0 Å². The summed E-state index contributed by atoms with van der Waals surface area (Å²) in [6.45, 7) is 5.99. The summed E-state index contributed by atoms with van der Waals surface area (Å²) in [7, 11) is 0. The van der Waals surface area contributed by atoms with E-state index in [2.05, 4.69) is 22.8 Å². The Morgan fingerprint density at radius 1 is 1.32 bits per heavy atom. The molecule has 1 aromatic heterocycles. The zero-order valence-electron chi connectivity index (χ0n) is 16.2. The van der Waals surface area contributed by atoms with Crippen LogP contribution in [0.3, 0.4) is 0 Å². The van der Waals surface area contributed by atoms with E-state index in [4.69, 9.17) is 9.72 Å². The van der Waals surface area contributed by atoms with E-state index >= 15 is 0 Å². The third-order valence-electron chi connectivity index (χ3n) is 7.25. The third kappa shape index (κ3) is 2.66. The molecule has 148 valence electrons. The molecule has 1 N–H and O–H groups in total. The van der Waals surface area contributed by atoms with Crippen molar-refractivity contribution in [2.45, 2.75) is 45.3 Å². The molecule has 1 saturated carbocycles. The number of anilines is 2.